The van der Waals surface area contributed by atoms with Crippen molar-refractivity contribution in [2.45, 2.75) is 18.6 Å². The molecule has 88 valence electrons. The van der Waals surface area contributed by atoms with Gasteiger partial charge in [0, 0.05) is 12.0 Å². The number of ether oxygens (including phenoxy) is 1. The van der Waals surface area contributed by atoms with Crippen LogP contribution in [0.15, 0.2) is 47.3 Å². The fourth-order valence-electron chi connectivity index (χ4n) is 2.41. The summed E-state index contributed by atoms with van der Waals surface area (Å²) in [5.74, 6) is 1.00. The summed E-state index contributed by atoms with van der Waals surface area (Å²) in [6, 6.07) is 10.4. The van der Waals surface area contributed by atoms with Crippen LogP contribution in [0.1, 0.15) is 17.2 Å². The summed E-state index contributed by atoms with van der Waals surface area (Å²) < 4.78 is 11.1. The smallest absolute Gasteiger partial charge is 0.123 e. The SMILES string of the molecule is CNC(c1ccoc1)C1Cc2ccccc2O1. The van der Waals surface area contributed by atoms with Crippen molar-refractivity contribution in [3.8, 4) is 5.75 Å². The van der Waals surface area contributed by atoms with E-state index in [4.69, 9.17) is 9.15 Å². The van der Waals surface area contributed by atoms with Gasteiger partial charge < -0.3 is 14.5 Å². The van der Waals surface area contributed by atoms with Crippen molar-refractivity contribution in [1.82, 2.24) is 5.32 Å². The first-order valence-electron chi connectivity index (χ1n) is 5.82. The summed E-state index contributed by atoms with van der Waals surface area (Å²) in [6.07, 6.45) is 4.54. The molecule has 2 aromatic rings. The molecule has 0 saturated carbocycles. The van der Waals surface area contributed by atoms with Crippen LogP contribution in [-0.4, -0.2) is 13.2 Å². The summed E-state index contributed by atoms with van der Waals surface area (Å²) >= 11 is 0. The van der Waals surface area contributed by atoms with E-state index in [-0.39, 0.29) is 12.1 Å². The highest BCUT2D eigenvalue weighted by molar-refractivity contribution is 5.38. The molecule has 1 N–H and O–H groups in total. The van der Waals surface area contributed by atoms with E-state index in [1.165, 1.54) is 5.56 Å². The average molecular weight is 229 g/mol. The number of likely N-dealkylation sites (N-methyl/N-ethyl adjacent to an activating group) is 1. The van der Waals surface area contributed by atoms with E-state index >= 15 is 0 Å². The number of hydrogen-bond donors (Lipinski definition) is 1. The Bertz CT molecular complexity index is 468. The Morgan fingerprint density at radius 2 is 2.18 bits per heavy atom. The normalized spacial score (nSPS) is 19.7. The van der Waals surface area contributed by atoms with Crippen LogP contribution in [0.3, 0.4) is 0 Å². The first kappa shape index (κ1) is 10.4. The number of fused-ring (bicyclic) bond motifs is 1. The van der Waals surface area contributed by atoms with Crippen LogP contribution in [0.4, 0.5) is 0 Å². The zero-order valence-corrected chi connectivity index (χ0v) is 9.72. The molecule has 0 radical (unpaired) electrons. The minimum absolute atomic E-state index is 0.134. The number of furan rings is 1. The molecule has 2 unspecified atom stereocenters. The summed E-state index contributed by atoms with van der Waals surface area (Å²) in [5, 5.41) is 3.30. The molecule has 0 spiro atoms. The molecule has 3 heteroatoms. The Morgan fingerprint density at radius 1 is 1.29 bits per heavy atom. The van der Waals surface area contributed by atoms with E-state index in [1.54, 1.807) is 12.5 Å². The van der Waals surface area contributed by atoms with Crippen LogP contribution >= 0.6 is 0 Å². The second kappa shape index (κ2) is 4.26. The van der Waals surface area contributed by atoms with Crippen molar-refractivity contribution in [1.29, 1.82) is 0 Å². The number of benzene rings is 1. The quantitative estimate of drug-likeness (QED) is 0.878. The lowest BCUT2D eigenvalue weighted by atomic mass is 10.0. The first-order chi connectivity index (χ1) is 8.38. The van der Waals surface area contributed by atoms with Gasteiger partial charge in [-0.2, -0.15) is 0 Å². The lowest BCUT2D eigenvalue weighted by Crippen LogP contribution is -2.32. The predicted octanol–water partition coefficient (Wildman–Crippen LogP) is 2.54. The molecule has 0 fully saturated rings. The maximum Gasteiger partial charge on any atom is 0.123 e. The first-order valence-corrected chi connectivity index (χ1v) is 5.82. The molecule has 17 heavy (non-hydrogen) atoms. The minimum Gasteiger partial charge on any atom is -0.488 e. The van der Waals surface area contributed by atoms with Crippen LogP contribution in [0.5, 0.6) is 5.75 Å². The molecule has 0 saturated heterocycles. The van der Waals surface area contributed by atoms with E-state index in [1.807, 2.05) is 25.2 Å². The molecule has 2 atom stereocenters. The monoisotopic (exact) mass is 229 g/mol. The van der Waals surface area contributed by atoms with Crippen LogP contribution in [0.25, 0.3) is 0 Å². The van der Waals surface area contributed by atoms with Crippen molar-refractivity contribution in [3.63, 3.8) is 0 Å². The maximum absolute atomic E-state index is 5.98. The molecular weight excluding hydrogens is 214 g/mol. The summed E-state index contributed by atoms with van der Waals surface area (Å²) in [4.78, 5) is 0. The van der Waals surface area contributed by atoms with E-state index in [2.05, 4.69) is 17.4 Å². The largest absolute Gasteiger partial charge is 0.488 e. The number of para-hydroxylation sites is 1. The maximum atomic E-state index is 5.98. The Balaban J connectivity index is 1.83. The second-order valence-electron chi connectivity index (χ2n) is 4.29. The average Bonchev–Trinajstić information content (AvgIpc) is 2.98. The second-order valence-corrected chi connectivity index (χ2v) is 4.29. The van der Waals surface area contributed by atoms with E-state index in [0.717, 1.165) is 17.7 Å². The standard InChI is InChI=1S/C14H15NO2/c1-15-14(11-6-7-16-9-11)13-8-10-4-2-3-5-12(10)17-13/h2-7,9,13-15H,8H2,1H3. The van der Waals surface area contributed by atoms with Gasteiger partial charge in [0.1, 0.15) is 11.9 Å². The van der Waals surface area contributed by atoms with Crippen LogP contribution in [-0.2, 0) is 6.42 Å². The predicted molar refractivity (Wildman–Crippen MR) is 65.1 cm³/mol. The molecule has 1 aliphatic rings. The highest BCUT2D eigenvalue weighted by atomic mass is 16.5. The molecule has 0 amide bonds. The van der Waals surface area contributed by atoms with Crippen molar-refractivity contribution in [2.24, 2.45) is 0 Å². The Kier molecular flexibility index (Phi) is 2.61. The Hall–Kier alpha value is -1.74. The molecule has 1 aromatic heterocycles. The third-order valence-electron chi connectivity index (χ3n) is 3.26. The molecule has 2 heterocycles. The number of rotatable bonds is 3. The molecule has 3 rings (SSSR count). The van der Waals surface area contributed by atoms with Gasteiger partial charge in [-0.15, -0.1) is 0 Å². The van der Waals surface area contributed by atoms with Crippen LogP contribution in [0.2, 0.25) is 0 Å². The van der Waals surface area contributed by atoms with Crippen molar-refractivity contribution >= 4 is 0 Å². The zero-order chi connectivity index (χ0) is 11.7. The fourth-order valence-corrected chi connectivity index (χ4v) is 2.41. The number of hydrogen-bond acceptors (Lipinski definition) is 3. The summed E-state index contributed by atoms with van der Waals surface area (Å²) in [5.41, 5.74) is 2.41. The van der Waals surface area contributed by atoms with Gasteiger partial charge in [0.15, 0.2) is 0 Å². The van der Waals surface area contributed by atoms with Gasteiger partial charge in [0.25, 0.3) is 0 Å². The third-order valence-corrected chi connectivity index (χ3v) is 3.26. The van der Waals surface area contributed by atoms with Crippen molar-refractivity contribution < 1.29 is 9.15 Å². The van der Waals surface area contributed by atoms with Gasteiger partial charge in [0.05, 0.1) is 18.6 Å². The fraction of sp³-hybridized carbons (Fsp3) is 0.286. The Labute approximate surface area is 100 Å². The zero-order valence-electron chi connectivity index (χ0n) is 9.72. The summed E-state index contributed by atoms with van der Waals surface area (Å²) in [6.45, 7) is 0. The highest BCUT2D eigenvalue weighted by Crippen LogP contribution is 2.33. The van der Waals surface area contributed by atoms with E-state index in [0.29, 0.717) is 0 Å². The molecule has 0 bridgehead atoms. The van der Waals surface area contributed by atoms with Gasteiger partial charge in [-0.3, -0.25) is 0 Å². The van der Waals surface area contributed by atoms with E-state index < -0.39 is 0 Å². The van der Waals surface area contributed by atoms with E-state index in [9.17, 15) is 0 Å². The van der Waals surface area contributed by atoms with Crippen molar-refractivity contribution in [3.05, 3.63) is 54.0 Å². The molecular formula is C14H15NO2. The molecule has 1 aromatic carbocycles. The molecule has 1 aliphatic heterocycles. The third kappa shape index (κ3) is 1.83. The van der Waals surface area contributed by atoms with Gasteiger partial charge in [-0.1, -0.05) is 18.2 Å². The minimum atomic E-state index is 0.134. The van der Waals surface area contributed by atoms with Gasteiger partial charge >= 0.3 is 0 Å². The summed E-state index contributed by atoms with van der Waals surface area (Å²) in [7, 11) is 1.95. The van der Waals surface area contributed by atoms with Gasteiger partial charge in [-0.25, -0.2) is 0 Å². The van der Waals surface area contributed by atoms with Crippen LogP contribution < -0.4 is 10.1 Å². The Morgan fingerprint density at radius 3 is 2.88 bits per heavy atom. The van der Waals surface area contributed by atoms with Gasteiger partial charge in [0.2, 0.25) is 0 Å². The van der Waals surface area contributed by atoms with Crippen molar-refractivity contribution in [2.75, 3.05) is 7.05 Å². The lowest BCUT2D eigenvalue weighted by Gasteiger charge is -2.21. The highest BCUT2D eigenvalue weighted by Gasteiger charge is 2.30. The van der Waals surface area contributed by atoms with Crippen LogP contribution in [0, 0.1) is 0 Å². The lowest BCUT2D eigenvalue weighted by molar-refractivity contribution is 0.183. The van der Waals surface area contributed by atoms with Gasteiger partial charge in [-0.05, 0) is 24.7 Å². The molecule has 0 aliphatic carbocycles. The number of nitrogens with one attached hydrogen (secondary N) is 1. The molecule has 3 nitrogen and oxygen atoms in total. The topological polar surface area (TPSA) is 34.4 Å².